The van der Waals surface area contributed by atoms with Crippen LogP contribution in [0.4, 0.5) is 34.5 Å². The highest BCUT2D eigenvalue weighted by atomic mass is 19.5. The van der Waals surface area contributed by atoms with Gasteiger partial charge in [0.05, 0.1) is 55.1 Å². The summed E-state index contributed by atoms with van der Waals surface area (Å²) in [5.41, 5.74) is 11.8. The molecular weight excluding hydrogens is 672 g/mol. The maximum Gasteiger partial charge on any atom is 0.673 e. The molecule has 51 heavy (non-hydrogen) atoms. The highest BCUT2D eigenvalue weighted by Crippen LogP contribution is 2.32. The summed E-state index contributed by atoms with van der Waals surface area (Å²) in [5, 5.41) is 7.52. The van der Waals surface area contributed by atoms with E-state index in [-0.39, 0.29) is 0 Å². The average molecular weight is 697 g/mol. The van der Waals surface area contributed by atoms with Crippen LogP contribution in [-0.4, -0.2) is 29.5 Å². The van der Waals surface area contributed by atoms with Crippen LogP contribution in [0.5, 0.6) is 0 Å². The summed E-state index contributed by atoms with van der Waals surface area (Å²) >= 11 is 0. The molecule has 0 aliphatic rings. The summed E-state index contributed by atoms with van der Waals surface area (Å²) in [5.74, 6) is 0. The normalized spacial score (nSPS) is 11.9. The lowest BCUT2D eigenvalue weighted by Gasteiger charge is -1.99. The largest absolute Gasteiger partial charge is 0.673 e. The molecule has 0 radical (unpaired) electrons. The molecule has 13 heteroatoms. The van der Waals surface area contributed by atoms with E-state index >= 15 is 0 Å². The molecule has 0 amide bonds. The van der Waals surface area contributed by atoms with Crippen molar-refractivity contribution in [3.8, 4) is 0 Å². The number of nitrogens with one attached hydrogen (secondary N) is 3. The Bertz CT molecular complexity index is 2480. The van der Waals surface area contributed by atoms with Crippen LogP contribution in [0.25, 0.3) is 65.4 Å². The van der Waals surface area contributed by atoms with Gasteiger partial charge in [0.2, 0.25) is 0 Å². The van der Waals surface area contributed by atoms with Crippen molar-refractivity contribution >= 4 is 79.9 Å². The molecule has 3 N–H and O–H groups in total. The summed E-state index contributed by atoms with van der Waals surface area (Å²) in [6, 6.07) is 43.7. The van der Waals surface area contributed by atoms with Gasteiger partial charge in [0.25, 0.3) is 0 Å². The van der Waals surface area contributed by atoms with Gasteiger partial charge in [-0.2, -0.15) is 0 Å². The topological polar surface area (TPSA) is 47.4 Å². The third-order valence-corrected chi connectivity index (χ3v) is 8.37. The van der Waals surface area contributed by atoms with Gasteiger partial charge >= 0.3 is 14.5 Å². The zero-order chi connectivity index (χ0) is 35.9. The molecule has 0 saturated carbocycles. The molecule has 0 aliphatic carbocycles. The highest BCUT2D eigenvalue weighted by molar-refractivity contribution is 6.50. The molecule has 254 valence electrons. The van der Waals surface area contributed by atoms with Crippen molar-refractivity contribution in [3.05, 3.63) is 156 Å². The predicted molar refractivity (Wildman–Crippen MR) is 193 cm³/mol. The number of aromatic nitrogens is 3. The minimum Gasteiger partial charge on any atom is -0.418 e. The average Bonchev–Trinajstić information content (AvgIpc) is 3.74. The van der Waals surface area contributed by atoms with Gasteiger partial charge in [-0.15, -0.1) is 0 Å². The number of benzene rings is 6. The molecule has 0 saturated heterocycles. The van der Waals surface area contributed by atoms with Crippen LogP contribution in [-0.2, 0) is 0 Å². The van der Waals surface area contributed by atoms with Crippen molar-refractivity contribution in [2.24, 2.45) is 0 Å². The van der Waals surface area contributed by atoms with Gasteiger partial charge in [0.15, 0.2) is 0 Å². The van der Waals surface area contributed by atoms with Gasteiger partial charge in [-0.3, -0.25) is 0 Å². The lowest BCUT2D eigenvalue weighted by molar-refractivity contribution is 0.366. The first-order valence-corrected chi connectivity index (χ1v) is 15.8. The summed E-state index contributed by atoms with van der Waals surface area (Å²) in [4.78, 5) is 10.7. The van der Waals surface area contributed by atoms with Crippen LogP contribution in [0.3, 0.4) is 0 Å². The molecule has 0 atom stereocenters. The van der Waals surface area contributed by atoms with Gasteiger partial charge in [-0.25, -0.2) is 0 Å². The molecule has 3 aromatic heterocycles. The van der Waals surface area contributed by atoms with Crippen molar-refractivity contribution < 1.29 is 34.5 Å². The summed E-state index contributed by atoms with van der Waals surface area (Å²) < 4.78 is 78.0. The number of hydrogen-bond acceptors (Lipinski definition) is 0. The maximum absolute atomic E-state index is 9.75. The summed E-state index contributed by atoms with van der Waals surface area (Å²) in [6.45, 7) is 0. The fourth-order valence-corrected chi connectivity index (χ4v) is 6.41. The quantitative estimate of drug-likeness (QED) is 0.0932. The minimum atomic E-state index is -6.00. The Hall–Kier alpha value is -5.97. The molecule has 0 unspecified atom stereocenters. The number of aromatic amines is 3. The molecule has 0 fully saturated rings. The van der Waals surface area contributed by atoms with Crippen molar-refractivity contribution in [3.63, 3.8) is 0 Å². The first-order valence-electron chi connectivity index (χ1n) is 15.8. The van der Waals surface area contributed by atoms with Gasteiger partial charge < -0.3 is 49.5 Å². The second-order valence-electron chi connectivity index (χ2n) is 12.0. The minimum absolute atomic E-state index is 1.15. The van der Waals surface area contributed by atoms with Crippen molar-refractivity contribution in [2.45, 2.75) is 0 Å². The zero-order valence-corrected chi connectivity index (χ0v) is 26.4. The van der Waals surface area contributed by atoms with E-state index in [9.17, 15) is 34.5 Å². The lowest BCUT2D eigenvalue weighted by Crippen LogP contribution is -2.02. The van der Waals surface area contributed by atoms with Crippen LogP contribution in [0, 0.1) is 12.8 Å². The Morgan fingerprint density at radius 3 is 0.843 bits per heavy atom. The van der Waals surface area contributed by atoms with Gasteiger partial charge in [0.1, 0.15) is 0 Å². The monoisotopic (exact) mass is 697 g/mol. The fourth-order valence-electron chi connectivity index (χ4n) is 6.41. The molecule has 0 aliphatic heterocycles. The molecule has 9 aromatic rings. The molecule has 3 heterocycles. The van der Waals surface area contributed by atoms with Crippen molar-refractivity contribution in [2.75, 3.05) is 0 Å². The van der Waals surface area contributed by atoms with E-state index in [1.807, 2.05) is 0 Å². The first kappa shape index (κ1) is 33.5. The van der Waals surface area contributed by atoms with E-state index in [0.717, 1.165) is 11.0 Å². The Labute approximate surface area is 285 Å². The fraction of sp³-hybridized carbons (Fsp3) is 0. The molecule has 0 bridgehead atoms. The van der Waals surface area contributed by atoms with Gasteiger partial charge in [-0.05, 0) is 36.4 Å². The Morgan fingerprint density at radius 2 is 0.549 bits per heavy atom. The standard InChI is InChI=1S/C38H25N3.2BF4/c1-3-7-33-27(5-1)29-19-23(9-13-35(29)39-33)17-25-11-15-37-31(21-25)32-22-26(12-16-38(32)41-37)18-24-10-14-36-30(20-24)28-6-2-4-8-34(28)40-36;2*2-1(3,4)5/h1-22,39-41H;;/q+2;2*-1. The van der Waals surface area contributed by atoms with Gasteiger partial charge in [-0.1, -0.05) is 36.4 Å². The third kappa shape index (κ3) is 7.77. The Kier molecular flexibility index (Phi) is 8.58. The summed E-state index contributed by atoms with van der Waals surface area (Å²) in [7, 11) is -12.0. The van der Waals surface area contributed by atoms with Crippen LogP contribution in [0.15, 0.2) is 121 Å². The van der Waals surface area contributed by atoms with Gasteiger partial charge in [0, 0.05) is 94.0 Å². The first-order chi connectivity index (χ1) is 24.2. The molecule has 3 nitrogen and oxygen atoms in total. The molecule has 9 rings (SSSR count). The highest BCUT2D eigenvalue weighted by Gasteiger charge is 2.21. The van der Waals surface area contributed by atoms with E-state index in [0.29, 0.717) is 0 Å². The number of halogens is 8. The predicted octanol–water partition coefficient (Wildman–Crippen LogP) is 12.4. The molecule has 0 spiro atoms. The van der Waals surface area contributed by atoms with Crippen LogP contribution >= 0.6 is 0 Å². The number of para-hydroxylation sites is 2. The second-order valence-corrected chi connectivity index (χ2v) is 12.0. The number of rotatable bonds is 4. The number of hydrogen-bond donors (Lipinski definition) is 3. The van der Waals surface area contributed by atoms with Crippen LogP contribution in [0.1, 0.15) is 22.3 Å². The Morgan fingerprint density at radius 1 is 0.314 bits per heavy atom. The number of H-pyrrole nitrogens is 3. The smallest absolute Gasteiger partial charge is 0.418 e. The van der Waals surface area contributed by atoms with Crippen LogP contribution < -0.4 is 0 Å². The van der Waals surface area contributed by atoms with Crippen molar-refractivity contribution in [1.82, 2.24) is 15.0 Å². The third-order valence-electron chi connectivity index (χ3n) is 8.37. The zero-order valence-electron chi connectivity index (χ0n) is 26.4. The lowest BCUT2D eigenvalue weighted by atomic mass is 9.99. The maximum atomic E-state index is 9.75. The SMILES string of the molecule is F[B-](F)(F)F.F[B-](F)(F)F.c1ccc2c(c1)[nH]c1ccc([CH+]c3ccc4[nH]c5ccc([CH+]c6ccc7[nH]c8ccccc8c7c6)cc5c4c3)cc12. The van der Waals surface area contributed by atoms with Crippen LogP contribution in [0.2, 0.25) is 0 Å². The van der Waals surface area contributed by atoms with E-state index in [2.05, 4.69) is 149 Å². The second kappa shape index (κ2) is 13.1. The molecule has 6 aromatic carbocycles. The number of fused-ring (bicyclic) bond motifs is 9. The van der Waals surface area contributed by atoms with E-state index < -0.39 is 14.5 Å². The van der Waals surface area contributed by atoms with E-state index in [1.54, 1.807) is 0 Å². The molecular formula is C38H25B2F8N3. The Balaban J connectivity index is 0.000000362. The summed E-state index contributed by atoms with van der Waals surface area (Å²) in [6.07, 6.45) is 4.54. The van der Waals surface area contributed by atoms with Crippen molar-refractivity contribution in [1.29, 1.82) is 0 Å². The van der Waals surface area contributed by atoms with E-state index in [1.165, 1.54) is 76.6 Å². The van der Waals surface area contributed by atoms with E-state index in [4.69, 9.17) is 0 Å².